The zero-order valence-electron chi connectivity index (χ0n) is 17.1. The molecule has 0 atom stereocenters. The quantitative estimate of drug-likeness (QED) is 0.425. The van der Waals surface area contributed by atoms with Crippen molar-refractivity contribution in [3.05, 3.63) is 88.5 Å². The molecule has 5 rings (SSSR count). The molecule has 5 aromatic rings. The SMILES string of the molecule is Cc1ccc(Nc2oc3c(c2-c2ccncc2)c(=O)n(C)c2ccccc32)c(C)c1. The van der Waals surface area contributed by atoms with Gasteiger partial charge in [0.15, 0.2) is 5.58 Å². The average molecular weight is 395 g/mol. The number of pyridine rings is 2. The van der Waals surface area contributed by atoms with E-state index in [9.17, 15) is 4.79 Å². The normalized spacial score (nSPS) is 11.3. The summed E-state index contributed by atoms with van der Waals surface area (Å²) in [5, 5.41) is 4.90. The van der Waals surface area contributed by atoms with Crippen molar-refractivity contribution in [2.45, 2.75) is 13.8 Å². The van der Waals surface area contributed by atoms with Gasteiger partial charge >= 0.3 is 0 Å². The number of hydrogen-bond acceptors (Lipinski definition) is 4. The van der Waals surface area contributed by atoms with Crippen LogP contribution in [0.2, 0.25) is 0 Å². The van der Waals surface area contributed by atoms with Crippen LogP contribution in [0.25, 0.3) is 33.0 Å². The van der Waals surface area contributed by atoms with Gasteiger partial charge in [0.05, 0.1) is 16.5 Å². The molecule has 0 aliphatic rings. The van der Waals surface area contributed by atoms with Crippen molar-refractivity contribution in [3.8, 4) is 11.1 Å². The van der Waals surface area contributed by atoms with Gasteiger partial charge in [-0.1, -0.05) is 29.8 Å². The molecule has 0 spiro atoms. The zero-order chi connectivity index (χ0) is 20.8. The third-order valence-electron chi connectivity index (χ3n) is 5.54. The number of anilines is 2. The van der Waals surface area contributed by atoms with Gasteiger partial charge < -0.3 is 14.3 Å². The second-order valence-corrected chi connectivity index (χ2v) is 7.57. The van der Waals surface area contributed by atoms with Gasteiger partial charge in [-0.3, -0.25) is 9.78 Å². The van der Waals surface area contributed by atoms with Gasteiger partial charge in [-0.15, -0.1) is 0 Å². The van der Waals surface area contributed by atoms with Crippen LogP contribution in [-0.2, 0) is 7.05 Å². The Hall–Kier alpha value is -3.86. The van der Waals surface area contributed by atoms with Gasteiger partial charge in [-0.2, -0.15) is 0 Å². The number of para-hydroxylation sites is 1. The molecule has 5 nitrogen and oxygen atoms in total. The zero-order valence-corrected chi connectivity index (χ0v) is 17.1. The maximum absolute atomic E-state index is 13.4. The minimum atomic E-state index is -0.0899. The number of nitrogens with zero attached hydrogens (tertiary/aromatic N) is 2. The lowest BCUT2D eigenvalue weighted by Gasteiger charge is -2.10. The fourth-order valence-corrected chi connectivity index (χ4v) is 4.02. The van der Waals surface area contributed by atoms with Crippen LogP contribution in [0.1, 0.15) is 11.1 Å². The molecule has 2 aromatic carbocycles. The molecule has 0 aliphatic heterocycles. The average Bonchev–Trinajstić information content (AvgIpc) is 3.14. The standard InChI is InChI=1S/C25H21N3O2/c1-15-8-9-19(16(2)14-15)27-24-21(17-10-12-26-13-11-17)22-23(30-24)18-6-4-5-7-20(18)28(3)25(22)29/h4-14,27H,1-3H3. The van der Waals surface area contributed by atoms with Crippen molar-refractivity contribution < 1.29 is 4.42 Å². The van der Waals surface area contributed by atoms with Crippen LogP contribution < -0.4 is 10.9 Å². The Bertz CT molecular complexity index is 1460. The number of nitrogens with one attached hydrogen (secondary N) is 1. The first-order valence-electron chi connectivity index (χ1n) is 9.83. The minimum Gasteiger partial charge on any atom is -0.439 e. The van der Waals surface area contributed by atoms with Gasteiger partial charge in [-0.25, -0.2) is 0 Å². The van der Waals surface area contributed by atoms with Crippen LogP contribution in [0.5, 0.6) is 0 Å². The Morgan fingerprint density at radius 2 is 1.77 bits per heavy atom. The number of hydrogen-bond donors (Lipinski definition) is 1. The minimum absolute atomic E-state index is 0.0899. The molecule has 0 saturated heterocycles. The first-order chi connectivity index (χ1) is 14.5. The molecule has 0 radical (unpaired) electrons. The molecular formula is C25H21N3O2. The van der Waals surface area contributed by atoms with Crippen molar-refractivity contribution in [2.75, 3.05) is 5.32 Å². The van der Waals surface area contributed by atoms with Gasteiger partial charge in [0.25, 0.3) is 5.56 Å². The van der Waals surface area contributed by atoms with Crippen LogP contribution in [0.4, 0.5) is 11.6 Å². The highest BCUT2D eigenvalue weighted by molar-refractivity contribution is 6.11. The predicted molar refractivity (Wildman–Crippen MR) is 121 cm³/mol. The highest BCUT2D eigenvalue weighted by Crippen LogP contribution is 2.41. The fraction of sp³-hybridized carbons (Fsp3) is 0.120. The number of aryl methyl sites for hydroxylation is 3. The van der Waals surface area contributed by atoms with E-state index in [1.165, 1.54) is 5.56 Å². The van der Waals surface area contributed by atoms with E-state index in [4.69, 9.17) is 4.42 Å². The Balaban J connectivity index is 1.87. The molecule has 3 heterocycles. The number of benzene rings is 2. The summed E-state index contributed by atoms with van der Waals surface area (Å²) in [6, 6.07) is 17.8. The van der Waals surface area contributed by atoms with E-state index in [2.05, 4.69) is 36.3 Å². The molecular weight excluding hydrogens is 374 g/mol. The molecule has 1 N–H and O–H groups in total. The highest BCUT2D eigenvalue weighted by Gasteiger charge is 2.23. The van der Waals surface area contributed by atoms with Crippen LogP contribution >= 0.6 is 0 Å². The largest absolute Gasteiger partial charge is 0.439 e. The van der Waals surface area contributed by atoms with Crippen molar-refractivity contribution in [1.29, 1.82) is 0 Å². The monoisotopic (exact) mass is 395 g/mol. The Morgan fingerprint density at radius 1 is 1.00 bits per heavy atom. The van der Waals surface area contributed by atoms with E-state index < -0.39 is 0 Å². The van der Waals surface area contributed by atoms with E-state index in [-0.39, 0.29) is 5.56 Å². The highest BCUT2D eigenvalue weighted by atomic mass is 16.4. The van der Waals surface area contributed by atoms with E-state index in [1.54, 1.807) is 24.0 Å². The molecule has 30 heavy (non-hydrogen) atoms. The summed E-state index contributed by atoms with van der Waals surface area (Å²) in [7, 11) is 1.80. The lowest BCUT2D eigenvalue weighted by atomic mass is 10.0. The summed E-state index contributed by atoms with van der Waals surface area (Å²) in [6.07, 6.45) is 3.45. The summed E-state index contributed by atoms with van der Waals surface area (Å²) < 4.78 is 8.03. The second kappa shape index (κ2) is 6.88. The van der Waals surface area contributed by atoms with Crippen LogP contribution in [-0.4, -0.2) is 9.55 Å². The van der Waals surface area contributed by atoms with Crippen LogP contribution in [0, 0.1) is 13.8 Å². The molecule has 0 aliphatic carbocycles. The molecule has 0 bridgehead atoms. The Kier molecular flexibility index (Phi) is 4.17. The number of rotatable bonds is 3. The smallest absolute Gasteiger partial charge is 0.262 e. The molecule has 0 saturated carbocycles. The third-order valence-corrected chi connectivity index (χ3v) is 5.54. The number of aromatic nitrogens is 2. The van der Waals surface area contributed by atoms with Gasteiger partial charge in [-0.05, 0) is 55.3 Å². The van der Waals surface area contributed by atoms with E-state index in [1.807, 2.05) is 42.5 Å². The van der Waals surface area contributed by atoms with Crippen molar-refractivity contribution in [3.63, 3.8) is 0 Å². The summed E-state index contributed by atoms with van der Waals surface area (Å²) in [4.78, 5) is 17.5. The van der Waals surface area contributed by atoms with Gasteiger partial charge in [0.2, 0.25) is 5.88 Å². The predicted octanol–water partition coefficient (Wildman–Crippen LogP) is 5.71. The number of furan rings is 1. The van der Waals surface area contributed by atoms with Crippen molar-refractivity contribution in [2.24, 2.45) is 7.05 Å². The van der Waals surface area contributed by atoms with E-state index in [0.29, 0.717) is 16.9 Å². The first kappa shape index (κ1) is 18.2. The van der Waals surface area contributed by atoms with Crippen molar-refractivity contribution in [1.82, 2.24) is 9.55 Å². The maximum atomic E-state index is 13.4. The maximum Gasteiger partial charge on any atom is 0.262 e. The molecule has 0 fully saturated rings. The summed E-state index contributed by atoms with van der Waals surface area (Å²) in [5.74, 6) is 0.552. The fourth-order valence-electron chi connectivity index (χ4n) is 4.02. The Morgan fingerprint density at radius 3 is 2.53 bits per heavy atom. The van der Waals surface area contributed by atoms with Gasteiger partial charge in [0, 0.05) is 30.5 Å². The molecule has 0 amide bonds. The summed E-state index contributed by atoms with van der Waals surface area (Å²) >= 11 is 0. The lowest BCUT2D eigenvalue weighted by Crippen LogP contribution is -2.17. The molecule has 0 unspecified atom stereocenters. The topological polar surface area (TPSA) is 60.1 Å². The van der Waals surface area contributed by atoms with Crippen LogP contribution in [0.15, 0.2) is 76.2 Å². The second-order valence-electron chi connectivity index (χ2n) is 7.57. The summed E-state index contributed by atoms with van der Waals surface area (Å²) in [5.41, 5.74) is 6.20. The lowest BCUT2D eigenvalue weighted by molar-refractivity contribution is 0.637. The first-order valence-corrected chi connectivity index (χ1v) is 9.83. The van der Waals surface area contributed by atoms with E-state index in [0.717, 1.165) is 33.3 Å². The van der Waals surface area contributed by atoms with Crippen molar-refractivity contribution >= 4 is 33.4 Å². The third kappa shape index (κ3) is 2.78. The number of fused-ring (bicyclic) bond motifs is 3. The van der Waals surface area contributed by atoms with Gasteiger partial charge in [0.1, 0.15) is 0 Å². The van der Waals surface area contributed by atoms with Crippen LogP contribution in [0.3, 0.4) is 0 Å². The molecule has 5 heteroatoms. The Labute approximate surface area is 173 Å². The molecule has 3 aromatic heterocycles. The molecule has 148 valence electrons. The van der Waals surface area contributed by atoms with E-state index >= 15 is 0 Å². The summed E-state index contributed by atoms with van der Waals surface area (Å²) in [6.45, 7) is 4.12.